The number of benzene rings is 3. The van der Waals surface area contributed by atoms with E-state index in [-0.39, 0.29) is 6.61 Å². The Morgan fingerprint density at radius 3 is 2.26 bits per heavy atom. The van der Waals surface area contributed by atoms with Crippen LogP contribution in [0.4, 0.5) is 11.4 Å². The molecule has 35 heavy (non-hydrogen) atoms. The number of amides is 3. The summed E-state index contributed by atoms with van der Waals surface area (Å²) in [5, 5.41) is 9.65. The van der Waals surface area contributed by atoms with Gasteiger partial charge in [0, 0.05) is 21.4 Å². The number of nitrogens with one attached hydrogen (secondary N) is 3. The number of rotatable bonds is 8. The zero-order valence-electron chi connectivity index (χ0n) is 18.4. The summed E-state index contributed by atoms with van der Waals surface area (Å²) in [6, 6.07) is 17.8. The fourth-order valence-electron chi connectivity index (χ4n) is 2.74. The zero-order chi connectivity index (χ0) is 25.2. The van der Waals surface area contributed by atoms with E-state index in [1.54, 1.807) is 66.7 Å². The molecule has 0 aliphatic heterocycles. The predicted molar refractivity (Wildman–Crippen MR) is 134 cm³/mol. The van der Waals surface area contributed by atoms with Gasteiger partial charge in [-0.05, 0) is 60.2 Å². The molecule has 0 saturated heterocycles. The fraction of sp³-hybridized carbons (Fsp3) is 0.0833. The van der Waals surface area contributed by atoms with E-state index >= 15 is 0 Å². The number of carbonyl (C=O) groups is 3. The molecule has 3 rings (SSSR count). The lowest BCUT2D eigenvalue weighted by Crippen LogP contribution is -2.32. The summed E-state index contributed by atoms with van der Waals surface area (Å²) < 4.78 is 10.5. The van der Waals surface area contributed by atoms with Crippen LogP contribution in [-0.2, 0) is 14.4 Å². The summed E-state index contributed by atoms with van der Waals surface area (Å²) in [5.74, 6) is -1.21. The number of hydrogen-bond acceptors (Lipinski definition) is 6. The van der Waals surface area contributed by atoms with Crippen LogP contribution in [0.15, 0.2) is 71.8 Å². The second-order valence-corrected chi connectivity index (χ2v) is 7.82. The molecule has 3 amide bonds. The van der Waals surface area contributed by atoms with E-state index in [1.807, 2.05) is 0 Å². The molecule has 180 valence electrons. The van der Waals surface area contributed by atoms with Gasteiger partial charge in [-0.1, -0.05) is 35.3 Å². The first-order valence-corrected chi connectivity index (χ1v) is 10.9. The molecule has 9 nitrogen and oxygen atoms in total. The maximum atomic E-state index is 12.1. The van der Waals surface area contributed by atoms with Gasteiger partial charge in [-0.25, -0.2) is 5.43 Å². The molecular formula is C24H20Cl2N4O5. The molecule has 0 radical (unpaired) electrons. The predicted octanol–water partition coefficient (Wildman–Crippen LogP) is 4.11. The monoisotopic (exact) mass is 514 g/mol. The van der Waals surface area contributed by atoms with Gasteiger partial charge in [0.05, 0.1) is 13.3 Å². The molecule has 0 spiro atoms. The summed E-state index contributed by atoms with van der Waals surface area (Å²) in [6.45, 7) is -0.257. The number of nitrogens with zero attached hydrogens (tertiary/aromatic N) is 1. The van der Waals surface area contributed by atoms with Crippen LogP contribution in [0, 0.1) is 0 Å². The third-order valence-corrected chi connectivity index (χ3v) is 4.74. The molecule has 0 heterocycles. The van der Waals surface area contributed by atoms with E-state index < -0.39 is 17.7 Å². The first kappa shape index (κ1) is 25.5. The lowest BCUT2D eigenvalue weighted by molar-refractivity contribution is -0.136. The average Bonchev–Trinajstić information content (AvgIpc) is 2.83. The summed E-state index contributed by atoms with van der Waals surface area (Å²) in [5.41, 5.74) is 3.60. The van der Waals surface area contributed by atoms with Crippen molar-refractivity contribution in [3.05, 3.63) is 82.3 Å². The van der Waals surface area contributed by atoms with Crippen LogP contribution in [0.25, 0.3) is 0 Å². The Morgan fingerprint density at radius 2 is 1.57 bits per heavy atom. The number of ether oxygens (including phenoxy) is 2. The first-order valence-electron chi connectivity index (χ1n) is 10.1. The van der Waals surface area contributed by atoms with Crippen LogP contribution in [0.1, 0.15) is 5.56 Å². The SMILES string of the molecule is COc1ccc(NC(=O)C(=O)N/N=C\c2cccc(OCC(=O)Nc3cc(Cl)cc(Cl)c3)c2)cc1. The number of hydrogen-bond donors (Lipinski definition) is 3. The summed E-state index contributed by atoms with van der Waals surface area (Å²) in [6.07, 6.45) is 1.33. The fourth-order valence-corrected chi connectivity index (χ4v) is 3.26. The molecular weight excluding hydrogens is 495 g/mol. The topological polar surface area (TPSA) is 118 Å². The Morgan fingerprint density at radius 1 is 0.857 bits per heavy atom. The van der Waals surface area contributed by atoms with Crippen molar-refractivity contribution >= 4 is 58.5 Å². The van der Waals surface area contributed by atoms with Gasteiger partial charge in [0.25, 0.3) is 5.91 Å². The van der Waals surface area contributed by atoms with Crippen molar-refractivity contribution in [1.82, 2.24) is 5.43 Å². The van der Waals surface area contributed by atoms with Crippen LogP contribution < -0.4 is 25.5 Å². The molecule has 0 bridgehead atoms. The highest BCUT2D eigenvalue weighted by atomic mass is 35.5. The number of carbonyl (C=O) groups excluding carboxylic acids is 3. The van der Waals surface area contributed by atoms with E-state index in [0.717, 1.165) is 0 Å². The second kappa shape index (κ2) is 12.4. The Balaban J connectivity index is 1.48. The Bertz CT molecular complexity index is 1230. The zero-order valence-corrected chi connectivity index (χ0v) is 19.9. The Hall–Kier alpha value is -4.08. The summed E-state index contributed by atoms with van der Waals surface area (Å²) >= 11 is 11.8. The minimum Gasteiger partial charge on any atom is -0.497 e. The Kier molecular flexibility index (Phi) is 9.05. The number of hydrazone groups is 1. The standard InChI is InChI=1S/C24H20Cl2N4O5/c1-34-20-7-5-18(6-8-20)29-23(32)24(33)30-27-13-15-3-2-4-21(9-15)35-14-22(31)28-19-11-16(25)10-17(26)12-19/h2-13H,14H2,1H3,(H,28,31)(H,29,32)(H,30,33)/b27-13-. The van der Waals surface area contributed by atoms with Crippen molar-refractivity contribution in [2.75, 3.05) is 24.4 Å². The third-order valence-electron chi connectivity index (χ3n) is 4.31. The van der Waals surface area contributed by atoms with Gasteiger partial charge in [-0.15, -0.1) is 0 Å². The van der Waals surface area contributed by atoms with E-state index in [2.05, 4.69) is 21.2 Å². The van der Waals surface area contributed by atoms with Gasteiger partial charge in [0.1, 0.15) is 11.5 Å². The van der Waals surface area contributed by atoms with Gasteiger partial charge < -0.3 is 20.1 Å². The number of methoxy groups -OCH3 is 1. The normalized spacial score (nSPS) is 10.5. The first-order chi connectivity index (χ1) is 16.8. The molecule has 0 aliphatic rings. The highest BCUT2D eigenvalue weighted by Gasteiger charge is 2.13. The van der Waals surface area contributed by atoms with Gasteiger partial charge in [0.15, 0.2) is 6.61 Å². The molecule has 0 fully saturated rings. The molecule has 3 N–H and O–H groups in total. The quantitative estimate of drug-likeness (QED) is 0.237. The molecule has 3 aromatic rings. The summed E-state index contributed by atoms with van der Waals surface area (Å²) in [4.78, 5) is 36.1. The maximum absolute atomic E-state index is 12.1. The number of anilines is 2. The van der Waals surface area contributed by atoms with Crippen LogP contribution in [0.3, 0.4) is 0 Å². The van der Waals surface area contributed by atoms with Gasteiger partial charge in [-0.2, -0.15) is 5.10 Å². The van der Waals surface area contributed by atoms with E-state index in [9.17, 15) is 14.4 Å². The molecule has 0 atom stereocenters. The van der Waals surface area contributed by atoms with Crippen LogP contribution in [-0.4, -0.2) is 37.7 Å². The van der Waals surface area contributed by atoms with Crippen molar-refractivity contribution in [3.63, 3.8) is 0 Å². The van der Waals surface area contributed by atoms with Gasteiger partial charge in [0.2, 0.25) is 0 Å². The van der Waals surface area contributed by atoms with Gasteiger partial charge in [-0.3, -0.25) is 14.4 Å². The summed E-state index contributed by atoms with van der Waals surface area (Å²) in [7, 11) is 1.52. The highest BCUT2D eigenvalue weighted by Crippen LogP contribution is 2.22. The molecule has 0 aromatic heterocycles. The minimum atomic E-state index is -0.942. The van der Waals surface area contributed by atoms with Crippen molar-refractivity contribution in [1.29, 1.82) is 0 Å². The minimum absolute atomic E-state index is 0.257. The van der Waals surface area contributed by atoms with E-state index in [4.69, 9.17) is 32.7 Å². The van der Waals surface area contributed by atoms with Crippen molar-refractivity contribution < 1.29 is 23.9 Å². The highest BCUT2D eigenvalue weighted by molar-refractivity contribution is 6.39. The largest absolute Gasteiger partial charge is 0.497 e. The molecule has 3 aromatic carbocycles. The number of halogens is 2. The Labute approximate surface area is 211 Å². The molecule has 0 aliphatic carbocycles. The van der Waals surface area contributed by atoms with E-state index in [1.165, 1.54) is 13.3 Å². The van der Waals surface area contributed by atoms with Crippen molar-refractivity contribution in [3.8, 4) is 11.5 Å². The van der Waals surface area contributed by atoms with Crippen molar-refractivity contribution in [2.24, 2.45) is 5.10 Å². The lowest BCUT2D eigenvalue weighted by atomic mass is 10.2. The van der Waals surface area contributed by atoms with Crippen molar-refractivity contribution in [2.45, 2.75) is 0 Å². The molecule has 0 saturated carbocycles. The van der Waals surface area contributed by atoms with Gasteiger partial charge >= 0.3 is 11.8 Å². The van der Waals surface area contributed by atoms with Crippen LogP contribution >= 0.6 is 23.2 Å². The third kappa shape index (κ3) is 8.33. The van der Waals surface area contributed by atoms with Crippen LogP contribution in [0.2, 0.25) is 10.0 Å². The second-order valence-electron chi connectivity index (χ2n) is 6.95. The smallest absolute Gasteiger partial charge is 0.329 e. The van der Waals surface area contributed by atoms with Crippen LogP contribution in [0.5, 0.6) is 11.5 Å². The molecule has 0 unspecified atom stereocenters. The average molecular weight is 515 g/mol. The maximum Gasteiger partial charge on any atom is 0.329 e. The molecule has 11 heteroatoms. The lowest BCUT2D eigenvalue weighted by Gasteiger charge is -2.09. The van der Waals surface area contributed by atoms with E-state index in [0.29, 0.717) is 38.5 Å².